The number of nitrogens with one attached hydrogen (secondary N) is 1. The highest BCUT2D eigenvalue weighted by Crippen LogP contribution is 2.29. The molecule has 188 valence electrons. The Kier molecular flexibility index (Phi) is 7.28. The van der Waals surface area contributed by atoms with E-state index in [9.17, 15) is 9.18 Å². The molecular formula is C31H30FN3O2. The third kappa shape index (κ3) is 5.70. The van der Waals surface area contributed by atoms with Gasteiger partial charge in [0.15, 0.2) is 0 Å². The summed E-state index contributed by atoms with van der Waals surface area (Å²) in [5.74, 6) is -1.30. The molecule has 1 aliphatic heterocycles. The summed E-state index contributed by atoms with van der Waals surface area (Å²) in [4.78, 5) is 19.6. The Bertz CT molecular complexity index is 1380. The fourth-order valence-electron chi connectivity index (χ4n) is 4.60. The molecule has 0 spiro atoms. The summed E-state index contributed by atoms with van der Waals surface area (Å²) in [5, 5.41) is 2.93. The summed E-state index contributed by atoms with van der Waals surface area (Å²) in [6.07, 6.45) is 1.78. The Labute approximate surface area is 216 Å². The van der Waals surface area contributed by atoms with Crippen molar-refractivity contribution < 1.29 is 13.9 Å². The minimum absolute atomic E-state index is 0.258. The van der Waals surface area contributed by atoms with Gasteiger partial charge in [-0.2, -0.15) is 0 Å². The smallest absolute Gasteiger partial charge is 0.231 e. The molecule has 4 aromatic rings. The van der Waals surface area contributed by atoms with E-state index in [-0.39, 0.29) is 11.7 Å². The topological polar surface area (TPSA) is 54.5 Å². The first kappa shape index (κ1) is 24.7. The molecule has 1 unspecified atom stereocenters. The Morgan fingerprint density at radius 3 is 2.19 bits per heavy atom. The number of hydrogen-bond acceptors (Lipinski definition) is 4. The van der Waals surface area contributed by atoms with Crippen LogP contribution in [0.2, 0.25) is 0 Å². The van der Waals surface area contributed by atoms with E-state index in [0.29, 0.717) is 11.3 Å². The van der Waals surface area contributed by atoms with Crippen molar-refractivity contribution in [2.24, 2.45) is 0 Å². The molecule has 1 N–H and O–H groups in total. The molecule has 0 aliphatic carbocycles. The third-order valence-corrected chi connectivity index (χ3v) is 6.82. The van der Waals surface area contributed by atoms with Crippen LogP contribution in [-0.4, -0.2) is 37.2 Å². The zero-order chi connectivity index (χ0) is 25.8. The predicted molar refractivity (Wildman–Crippen MR) is 146 cm³/mol. The number of aryl methyl sites for hydroxylation is 1. The molecule has 1 amide bonds. The number of nitrogens with zero attached hydrogens (tertiary/aromatic N) is 2. The maximum Gasteiger partial charge on any atom is 0.231 e. The largest absolute Gasteiger partial charge is 0.378 e. The van der Waals surface area contributed by atoms with Crippen LogP contribution in [0.25, 0.3) is 22.3 Å². The molecule has 1 atom stereocenters. The van der Waals surface area contributed by atoms with Gasteiger partial charge in [0.25, 0.3) is 0 Å². The molecule has 5 nitrogen and oxygen atoms in total. The number of pyridine rings is 1. The second kappa shape index (κ2) is 10.9. The second-order valence-electron chi connectivity index (χ2n) is 9.36. The molecule has 0 radical (unpaired) electrons. The van der Waals surface area contributed by atoms with E-state index < -0.39 is 5.92 Å². The fourth-order valence-corrected chi connectivity index (χ4v) is 4.60. The Morgan fingerprint density at radius 1 is 0.892 bits per heavy atom. The summed E-state index contributed by atoms with van der Waals surface area (Å²) in [6, 6.07) is 24.8. The van der Waals surface area contributed by atoms with Crippen molar-refractivity contribution in [3.63, 3.8) is 0 Å². The Balaban J connectivity index is 1.29. The number of benzene rings is 3. The number of hydrogen-bond donors (Lipinski definition) is 1. The average Bonchev–Trinajstić information content (AvgIpc) is 2.94. The quantitative estimate of drug-likeness (QED) is 0.334. The highest BCUT2D eigenvalue weighted by molar-refractivity contribution is 5.96. The first-order valence-electron chi connectivity index (χ1n) is 12.5. The van der Waals surface area contributed by atoms with E-state index in [0.717, 1.165) is 59.9 Å². The molecule has 0 saturated carbocycles. The van der Waals surface area contributed by atoms with E-state index >= 15 is 0 Å². The molecule has 0 bridgehead atoms. The van der Waals surface area contributed by atoms with Gasteiger partial charge < -0.3 is 15.0 Å². The number of ether oxygens (including phenoxy) is 1. The summed E-state index contributed by atoms with van der Waals surface area (Å²) in [5.41, 5.74) is 7.09. The number of carbonyl (C=O) groups excluding carboxylic acids is 1. The number of morpholine rings is 1. The van der Waals surface area contributed by atoms with Crippen molar-refractivity contribution in [3.8, 4) is 22.3 Å². The lowest BCUT2D eigenvalue weighted by atomic mass is 9.94. The average molecular weight is 496 g/mol. The zero-order valence-electron chi connectivity index (χ0n) is 21.1. The summed E-state index contributed by atoms with van der Waals surface area (Å²) in [6.45, 7) is 6.90. The van der Waals surface area contributed by atoms with Gasteiger partial charge in [-0.05, 0) is 84.6 Å². The lowest BCUT2D eigenvalue weighted by Gasteiger charge is -2.29. The lowest BCUT2D eigenvalue weighted by molar-refractivity contribution is -0.117. The molecule has 1 fully saturated rings. The second-order valence-corrected chi connectivity index (χ2v) is 9.36. The molecule has 5 rings (SSSR count). The minimum Gasteiger partial charge on any atom is -0.378 e. The van der Waals surface area contributed by atoms with Gasteiger partial charge in [-0.1, -0.05) is 30.3 Å². The number of anilines is 2. The molecule has 3 aromatic carbocycles. The molecule has 37 heavy (non-hydrogen) atoms. The van der Waals surface area contributed by atoms with Crippen LogP contribution in [0.3, 0.4) is 0 Å². The van der Waals surface area contributed by atoms with E-state index in [4.69, 9.17) is 4.74 Å². The first-order valence-corrected chi connectivity index (χ1v) is 12.5. The predicted octanol–water partition coefficient (Wildman–Crippen LogP) is 6.44. The summed E-state index contributed by atoms with van der Waals surface area (Å²) < 4.78 is 20.2. The maximum absolute atomic E-state index is 14.8. The Morgan fingerprint density at radius 2 is 1.51 bits per heavy atom. The molecule has 1 aromatic heterocycles. The van der Waals surface area contributed by atoms with Crippen LogP contribution in [0, 0.1) is 12.7 Å². The molecule has 2 heterocycles. The monoisotopic (exact) mass is 495 g/mol. The maximum atomic E-state index is 14.8. The van der Waals surface area contributed by atoms with Crippen molar-refractivity contribution in [2.75, 3.05) is 36.5 Å². The van der Waals surface area contributed by atoms with Crippen molar-refractivity contribution >= 4 is 17.3 Å². The van der Waals surface area contributed by atoms with E-state index in [1.807, 2.05) is 55.5 Å². The van der Waals surface area contributed by atoms with Crippen LogP contribution in [0.1, 0.15) is 24.1 Å². The summed E-state index contributed by atoms with van der Waals surface area (Å²) in [7, 11) is 0. The standard InChI is InChI=1S/C31H30FN3O2/c1-21-19-26(13-14-33-21)23-3-8-27(9-4-23)34-31(36)22(2)29-20-25(7-12-30(29)32)24-5-10-28(11-6-24)35-15-17-37-18-16-35/h3-14,19-20,22H,15-18H2,1-2H3,(H,34,36). The Hall–Kier alpha value is -4.03. The number of aromatic nitrogens is 1. The lowest BCUT2D eigenvalue weighted by Crippen LogP contribution is -2.36. The fraction of sp³-hybridized carbons (Fsp3) is 0.226. The van der Waals surface area contributed by atoms with Gasteiger partial charge in [0.1, 0.15) is 5.82 Å². The van der Waals surface area contributed by atoms with E-state index in [2.05, 4.69) is 27.3 Å². The zero-order valence-corrected chi connectivity index (χ0v) is 21.1. The number of rotatable bonds is 6. The molecular weight excluding hydrogens is 465 g/mol. The van der Waals surface area contributed by atoms with Crippen LogP contribution in [0.5, 0.6) is 0 Å². The van der Waals surface area contributed by atoms with Gasteiger partial charge in [-0.15, -0.1) is 0 Å². The van der Waals surface area contributed by atoms with Crippen molar-refractivity contribution in [2.45, 2.75) is 19.8 Å². The van der Waals surface area contributed by atoms with Gasteiger partial charge >= 0.3 is 0 Å². The highest BCUT2D eigenvalue weighted by Gasteiger charge is 2.20. The van der Waals surface area contributed by atoms with Gasteiger partial charge in [-0.3, -0.25) is 9.78 Å². The normalized spacial score (nSPS) is 14.3. The minimum atomic E-state index is -0.657. The van der Waals surface area contributed by atoms with Gasteiger partial charge in [0.05, 0.1) is 19.1 Å². The number of halogens is 1. The number of amides is 1. The molecule has 1 saturated heterocycles. The van der Waals surface area contributed by atoms with Crippen LogP contribution < -0.4 is 10.2 Å². The first-order chi connectivity index (χ1) is 18.0. The van der Waals surface area contributed by atoms with Crippen LogP contribution in [0.15, 0.2) is 85.1 Å². The molecule has 6 heteroatoms. The van der Waals surface area contributed by atoms with Crippen molar-refractivity contribution in [1.82, 2.24) is 4.98 Å². The highest BCUT2D eigenvalue weighted by atomic mass is 19.1. The van der Waals surface area contributed by atoms with Gasteiger partial charge in [0, 0.05) is 41.9 Å². The number of carbonyl (C=O) groups is 1. The van der Waals surface area contributed by atoms with E-state index in [1.54, 1.807) is 25.3 Å². The van der Waals surface area contributed by atoms with Crippen LogP contribution >= 0.6 is 0 Å². The third-order valence-electron chi connectivity index (χ3n) is 6.82. The van der Waals surface area contributed by atoms with Crippen molar-refractivity contribution in [1.29, 1.82) is 0 Å². The van der Waals surface area contributed by atoms with Crippen LogP contribution in [-0.2, 0) is 9.53 Å². The van der Waals surface area contributed by atoms with Crippen LogP contribution in [0.4, 0.5) is 15.8 Å². The SMILES string of the molecule is Cc1cc(-c2ccc(NC(=O)C(C)c3cc(-c4ccc(N5CCOCC5)cc4)ccc3F)cc2)ccn1. The molecule has 1 aliphatic rings. The van der Waals surface area contributed by atoms with E-state index in [1.165, 1.54) is 6.07 Å². The van der Waals surface area contributed by atoms with Gasteiger partial charge in [0.2, 0.25) is 5.91 Å². The van der Waals surface area contributed by atoms with Gasteiger partial charge in [-0.25, -0.2) is 4.39 Å². The van der Waals surface area contributed by atoms with Crippen molar-refractivity contribution in [3.05, 3.63) is 102 Å². The summed E-state index contributed by atoms with van der Waals surface area (Å²) >= 11 is 0.